The standard InChI is InChI=1S/C12H16N2O/c1-2-3-4-9-14-10-5-6-11(7-8-13)12(14)15/h5-6,10H,2-4,7,9H2,1H3. The van der Waals surface area contributed by atoms with Crippen LogP contribution in [-0.2, 0) is 13.0 Å². The predicted molar refractivity (Wildman–Crippen MR) is 59.5 cm³/mol. The van der Waals surface area contributed by atoms with Gasteiger partial charge in [0.05, 0.1) is 12.5 Å². The minimum Gasteiger partial charge on any atom is -0.315 e. The molecule has 3 heteroatoms. The Morgan fingerprint density at radius 2 is 2.27 bits per heavy atom. The highest BCUT2D eigenvalue weighted by Gasteiger charge is 2.01. The van der Waals surface area contributed by atoms with Gasteiger partial charge in [-0.15, -0.1) is 0 Å². The molecule has 0 aromatic carbocycles. The lowest BCUT2D eigenvalue weighted by Gasteiger charge is -2.05. The largest absolute Gasteiger partial charge is 0.315 e. The molecule has 0 N–H and O–H groups in total. The van der Waals surface area contributed by atoms with E-state index in [9.17, 15) is 4.79 Å². The molecule has 0 saturated carbocycles. The zero-order valence-corrected chi connectivity index (χ0v) is 9.07. The zero-order chi connectivity index (χ0) is 11.1. The summed E-state index contributed by atoms with van der Waals surface area (Å²) in [6.45, 7) is 2.89. The summed E-state index contributed by atoms with van der Waals surface area (Å²) >= 11 is 0. The molecule has 0 unspecified atom stereocenters. The van der Waals surface area contributed by atoms with Gasteiger partial charge in [-0.3, -0.25) is 4.79 Å². The molecular weight excluding hydrogens is 188 g/mol. The fourth-order valence-corrected chi connectivity index (χ4v) is 1.51. The first-order valence-corrected chi connectivity index (χ1v) is 5.35. The second kappa shape index (κ2) is 6.02. The normalized spacial score (nSPS) is 9.87. The summed E-state index contributed by atoms with van der Waals surface area (Å²) in [7, 11) is 0. The Labute approximate surface area is 90.0 Å². The summed E-state index contributed by atoms with van der Waals surface area (Å²) in [6, 6.07) is 5.56. The monoisotopic (exact) mass is 204 g/mol. The summed E-state index contributed by atoms with van der Waals surface area (Å²) in [5.41, 5.74) is 0.576. The van der Waals surface area contributed by atoms with Gasteiger partial charge in [0, 0.05) is 18.3 Å². The molecule has 3 nitrogen and oxygen atoms in total. The first-order valence-electron chi connectivity index (χ1n) is 5.35. The summed E-state index contributed by atoms with van der Waals surface area (Å²) in [5.74, 6) is 0. The van der Waals surface area contributed by atoms with Crippen LogP contribution in [0.5, 0.6) is 0 Å². The van der Waals surface area contributed by atoms with Crippen LogP contribution in [0.3, 0.4) is 0 Å². The van der Waals surface area contributed by atoms with Crippen molar-refractivity contribution in [1.29, 1.82) is 5.26 Å². The Kier molecular flexibility index (Phi) is 4.62. The third kappa shape index (κ3) is 3.25. The number of hydrogen-bond acceptors (Lipinski definition) is 2. The van der Waals surface area contributed by atoms with Crippen LogP contribution >= 0.6 is 0 Å². The van der Waals surface area contributed by atoms with Crippen molar-refractivity contribution in [1.82, 2.24) is 4.57 Å². The minimum atomic E-state index is -0.0184. The summed E-state index contributed by atoms with van der Waals surface area (Å²) in [6.07, 6.45) is 5.29. The number of rotatable bonds is 5. The highest BCUT2D eigenvalue weighted by atomic mass is 16.1. The van der Waals surface area contributed by atoms with E-state index in [0.717, 1.165) is 25.8 Å². The Bertz CT molecular complexity index is 401. The van der Waals surface area contributed by atoms with Gasteiger partial charge in [-0.25, -0.2) is 0 Å². The number of pyridine rings is 1. The van der Waals surface area contributed by atoms with Gasteiger partial charge < -0.3 is 4.57 Å². The van der Waals surface area contributed by atoms with E-state index in [0.29, 0.717) is 5.56 Å². The molecule has 15 heavy (non-hydrogen) atoms. The molecule has 0 aliphatic heterocycles. The molecule has 1 rings (SSSR count). The van der Waals surface area contributed by atoms with Crippen LogP contribution in [0.25, 0.3) is 0 Å². The van der Waals surface area contributed by atoms with E-state index in [1.807, 2.05) is 12.1 Å². The van der Waals surface area contributed by atoms with Crippen LogP contribution in [-0.4, -0.2) is 4.57 Å². The molecule has 0 fully saturated rings. The van der Waals surface area contributed by atoms with Gasteiger partial charge in [0.25, 0.3) is 5.56 Å². The zero-order valence-electron chi connectivity index (χ0n) is 9.07. The van der Waals surface area contributed by atoms with Crippen LogP contribution in [0.1, 0.15) is 31.7 Å². The maximum Gasteiger partial charge on any atom is 0.254 e. The molecule has 0 amide bonds. The van der Waals surface area contributed by atoms with Crippen molar-refractivity contribution < 1.29 is 0 Å². The molecule has 0 spiro atoms. The quantitative estimate of drug-likeness (QED) is 0.689. The molecular formula is C12H16N2O. The molecule has 0 radical (unpaired) electrons. The smallest absolute Gasteiger partial charge is 0.254 e. The van der Waals surface area contributed by atoms with Crippen molar-refractivity contribution in [2.24, 2.45) is 0 Å². The van der Waals surface area contributed by atoms with E-state index < -0.39 is 0 Å². The van der Waals surface area contributed by atoms with Gasteiger partial charge in [0.2, 0.25) is 0 Å². The van der Waals surface area contributed by atoms with Gasteiger partial charge in [0.1, 0.15) is 0 Å². The second-order valence-corrected chi connectivity index (χ2v) is 3.57. The average molecular weight is 204 g/mol. The van der Waals surface area contributed by atoms with Gasteiger partial charge in [-0.05, 0) is 12.5 Å². The SMILES string of the molecule is CCCCCn1cccc(CC#N)c1=O. The van der Waals surface area contributed by atoms with Gasteiger partial charge >= 0.3 is 0 Å². The summed E-state index contributed by atoms with van der Waals surface area (Å²) in [4.78, 5) is 11.8. The molecule has 0 bridgehead atoms. The van der Waals surface area contributed by atoms with Crippen molar-refractivity contribution in [2.45, 2.75) is 39.2 Å². The minimum absolute atomic E-state index is 0.0184. The molecule has 0 saturated heterocycles. The highest BCUT2D eigenvalue weighted by molar-refractivity contribution is 5.14. The van der Waals surface area contributed by atoms with Crippen LogP contribution in [0.2, 0.25) is 0 Å². The van der Waals surface area contributed by atoms with Crippen molar-refractivity contribution in [3.8, 4) is 6.07 Å². The Morgan fingerprint density at radius 1 is 1.47 bits per heavy atom. The number of hydrogen-bond donors (Lipinski definition) is 0. The Hall–Kier alpha value is -1.56. The fourth-order valence-electron chi connectivity index (χ4n) is 1.51. The molecule has 0 aliphatic carbocycles. The maximum absolute atomic E-state index is 11.8. The Balaban J connectivity index is 2.77. The van der Waals surface area contributed by atoms with Crippen molar-refractivity contribution >= 4 is 0 Å². The van der Waals surface area contributed by atoms with Crippen LogP contribution < -0.4 is 5.56 Å². The van der Waals surface area contributed by atoms with E-state index in [4.69, 9.17) is 5.26 Å². The average Bonchev–Trinajstić information content (AvgIpc) is 2.24. The number of nitriles is 1. The van der Waals surface area contributed by atoms with Gasteiger partial charge in [-0.2, -0.15) is 5.26 Å². The number of aryl methyl sites for hydroxylation is 1. The molecule has 0 aliphatic rings. The van der Waals surface area contributed by atoms with Crippen molar-refractivity contribution in [3.63, 3.8) is 0 Å². The Morgan fingerprint density at radius 3 is 2.93 bits per heavy atom. The van der Waals surface area contributed by atoms with Crippen LogP contribution in [0, 0.1) is 11.3 Å². The second-order valence-electron chi connectivity index (χ2n) is 3.57. The van der Waals surface area contributed by atoms with Crippen molar-refractivity contribution in [3.05, 3.63) is 34.2 Å². The lowest BCUT2D eigenvalue weighted by Crippen LogP contribution is -2.22. The van der Waals surface area contributed by atoms with Crippen molar-refractivity contribution in [2.75, 3.05) is 0 Å². The van der Waals surface area contributed by atoms with Crippen LogP contribution in [0.4, 0.5) is 0 Å². The predicted octanol–water partition coefficient (Wildman–Crippen LogP) is 2.10. The first-order chi connectivity index (χ1) is 7.29. The van der Waals surface area contributed by atoms with Gasteiger partial charge in [0.15, 0.2) is 0 Å². The maximum atomic E-state index is 11.8. The molecule has 1 heterocycles. The van der Waals surface area contributed by atoms with E-state index in [1.165, 1.54) is 0 Å². The van der Waals surface area contributed by atoms with E-state index in [2.05, 4.69) is 6.92 Å². The molecule has 0 atom stereocenters. The highest BCUT2D eigenvalue weighted by Crippen LogP contribution is 1.98. The lowest BCUT2D eigenvalue weighted by molar-refractivity contribution is 0.585. The number of nitrogens with zero attached hydrogens (tertiary/aromatic N) is 2. The fraction of sp³-hybridized carbons (Fsp3) is 0.500. The first kappa shape index (κ1) is 11.5. The third-order valence-corrected chi connectivity index (χ3v) is 2.37. The van der Waals surface area contributed by atoms with E-state index >= 15 is 0 Å². The number of aromatic nitrogens is 1. The third-order valence-electron chi connectivity index (χ3n) is 2.37. The number of unbranched alkanes of at least 4 members (excludes halogenated alkanes) is 2. The molecule has 1 aromatic heterocycles. The van der Waals surface area contributed by atoms with Crippen LogP contribution in [0.15, 0.2) is 23.1 Å². The van der Waals surface area contributed by atoms with E-state index in [1.54, 1.807) is 16.8 Å². The summed E-state index contributed by atoms with van der Waals surface area (Å²) in [5, 5.41) is 8.55. The lowest BCUT2D eigenvalue weighted by atomic mass is 10.2. The summed E-state index contributed by atoms with van der Waals surface area (Å²) < 4.78 is 1.70. The topological polar surface area (TPSA) is 45.8 Å². The van der Waals surface area contributed by atoms with Gasteiger partial charge in [-0.1, -0.05) is 25.8 Å². The molecule has 1 aromatic rings. The van der Waals surface area contributed by atoms with E-state index in [-0.39, 0.29) is 12.0 Å². The molecule has 80 valence electrons.